The van der Waals surface area contributed by atoms with E-state index in [1.807, 2.05) is 62.6 Å². The van der Waals surface area contributed by atoms with Gasteiger partial charge in [0.05, 0.1) is 6.04 Å². The summed E-state index contributed by atoms with van der Waals surface area (Å²) in [5.74, 6) is -0.0457. The van der Waals surface area contributed by atoms with E-state index in [-0.39, 0.29) is 11.9 Å². The maximum atomic E-state index is 12.3. The maximum Gasteiger partial charge on any atom is 0.251 e. The van der Waals surface area contributed by atoms with Crippen molar-refractivity contribution in [3.63, 3.8) is 0 Å². The number of nitrogens with one attached hydrogen (secondary N) is 1. The molecule has 116 valence electrons. The average Bonchev–Trinajstić information content (AvgIpc) is 3.09. The summed E-state index contributed by atoms with van der Waals surface area (Å²) in [5.41, 5.74) is 3.97. The molecular weight excluding hydrogens is 284 g/mol. The molecule has 3 heteroatoms. The molecule has 0 saturated carbocycles. The topological polar surface area (TPSA) is 34.0 Å². The molecule has 0 aliphatic carbocycles. The zero-order valence-corrected chi connectivity index (χ0v) is 13.4. The Hall–Kier alpha value is -2.81. The zero-order chi connectivity index (χ0) is 16.2. The monoisotopic (exact) mass is 304 g/mol. The first-order valence-corrected chi connectivity index (χ1v) is 7.74. The molecule has 3 nitrogen and oxygen atoms in total. The van der Waals surface area contributed by atoms with Gasteiger partial charge in [0.2, 0.25) is 0 Å². The lowest BCUT2D eigenvalue weighted by molar-refractivity contribution is 0.0940. The van der Waals surface area contributed by atoms with Gasteiger partial charge in [0.25, 0.3) is 5.91 Å². The first-order valence-electron chi connectivity index (χ1n) is 7.74. The number of rotatable bonds is 4. The van der Waals surface area contributed by atoms with Gasteiger partial charge in [-0.05, 0) is 55.8 Å². The zero-order valence-electron chi connectivity index (χ0n) is 13.4. The number of hydrogen-bond donors (Lipinski definition) is 1. The fourth-order valence-electron chi connectivity index (χ4n) is 2.59. The van der Waals surface area contributed by atoms with Gasteiger partial charge in [0.1, 0.15) is 0 Å². The van der Waals surface area contributed by atoms with Crippen molar-refractivity contribution in [2.45, 2.75) is 19.9 Å². The smallest absolute Gasteiger partial charge is 0.251 e. The van der Waals surface area contributed by atoms with Crippen LogP contribution in [0.5, 0.6) is 0 Å². The molecular formula is C20H20N2O. The van der Waals surface area contributed by atoms with Crippen LogP contribution in [0.15, 0.2) is 73.1 Å². The normalized spacial score (nSPS) is 11.9. The summed E-state index contributed by atoms with van der Waals surface area (Å²) in [5, 5.41) is 3.05. The second-order valence-electron chi connectivity index (χ2n) is 5.75. The number of hydrogen-bond acceptors (Lipinski definition) is 1. The Kier molecular flexibility index (Phi) is 4.29. The van der Waals surface area contributed by atoms with Crippen LogP contribution < -0.4 is 5.32 Å². The molecule has 0 aliphatic heterocycles. The second kappa shape index (κ2) is 6.53. The molecule has 2 aromatic carbocycles. The SMILES string of the molecule is Cc1cccc(C(=O)NC(C)c2ccc(-n3cccc3)cc2)c1. The van der Waals surface area contributed by atoms with Gasteiger partial charge < -0.3 is 9.88 Å². The van der Waals surface area contributed by atoms with Crippen molar-refractivity contribution in [1.82, 2.24) is 9.88 Å². The van der Waals surface area contributed by atoms with Crippen molar-refractivity contribution in [2.24, 2.45) is 0 Å². The molecule has 1 heterocycles. The molecule has 3 rings (SSSR count). The summed E-state index contributed by atoms with van der Waals surface area (Å²) in [4.78, 5) is 12.3. The predicted molar refractivity (Wildman–Crippen MR) is 92.8 cm³/mol. The van der Waals surface area contributed by atoms with Gasteiger partial charge in [0.15, 0.2) is 0 Å². The predicted octanol–water partition coefficient (Wildman–Crippen LogP) is 4.28. The van der Waals surface area contributed by atoms with Crippen molar-refractivity contribution in [3.8, 4) is 5.69 Å². The quantitative estimate of drug-likeness (QED) is 0.767. The molecule has 1 N–H and O–H groups in total. The van der Waals surface area contributed by atoms with Crippen LogP contribution in [0.4, 0.5) is 0 Å². The van der Waals surface area contributed by atoms with Crippen LogP contribution in [0.1, 0.15) is 34.5 Å². The second-order valence-corrected chi connectivity index (χ2v) is 5.75. The van der Waals surface area contributed by atoms with Gasteiger partial charge in [0, 0.05) is 23.6 Å². The molecule has 1 unspecified atom stereocenters. The van der Waals surface area contributed by atoms with Crippen LogP contribution in [0.2, 0.25) is 0 Å². The van der Waals surface area contributed by atoms with Gasteiger partial charge in [-0.25, -0.2) is 0 Å². The molecule has 0 bridgehead atoms. The van der Waals surface area contributed by atoms with E-state index in [0.717, 1.165) is 16.8 Å². The lowest BCUT2D eigenvalue weighted by Crippen LogP contribution is -2.26. The van der Waals surface area contributed by atoms with Crippen LogP contribution in [0, 0.1) is 6.92 Å². The third-order valence-corrected chi connectivity index (χ3v) is 3.92. The number of aryl methyl sites for hydroxylation is 1. The van der Waals surface area contributed by atoms with Crippen LogP contribution >= 0.6 is 0 Å². The third kappa shape index (κ3) is 3.51. The summed E-state index contributed by atoms with van der Waals surface area (Å²) in [6.45, 7) is 3.98. The number of amides is 1. The standard InChI is InChI=1S/C20H20N2O/c1-15-6-5-7-18(14-15)20(23)21-16(2)17-8-10-19(11-9-17)22-12-3-4-13-22/h3-14,16H,1-2H3,(H,21,23). The van der Waals surface area contributed by atoms with E-state index in [9.17, 15) is 4.79 Å². The van der Waals surface area contributed by atoms with E-state index in [2.05, 4.69) is 34.1 Å². The van der Waals surface area contributed by atoms with Crippen molar-refractivity contribution < 1.29 is 4.79 Å². The highest BCUT2D eigenvalue weighted by Crippen LogP contribution is 2.17. The molecule has 3 aromatic rings. The van der Waals surface area contributed by atoms with E-state index in [1.165, 1.54) is 0 Å². The van der Waals surface area contributed by atoms with Crippen LogP contribution in [-0.4, -0.2) is 10.5 Å². The van der Waals surface area contributed by atoms with Crippen molar-refractivity contribution in [3.05, 3.63) is 89.7 Å². The summed E-state index contributed by atoms with van der Waals surface area (Å²) in [6.07, 6.45) is 4.02. The summed E-state index contributed by atoms with van der Waals surface area (Å²) < 4.78 is 2.06. The van der Waals surface area contributed by atoms with Gasteiger partial charge in [-0.3, -0.25) is 4.79 Å². The van der Waals surface area contributed by atoms with E-state index < -0.39 is 0 Å². The largest absolute Gasteiger partial charge is 0.346 e. The lowest BCUT2D eigenvalue weighted by atomic mass is 10.1. The highest BCUT2D eigenvalue weighted by atomic mass is 16.1. The van der Waals surface area contributed by atoms with E-state index >= 15 is 0 Å². The fraction of sp³-hybridized carbons (Fsp3) is 0.150. The molecule has 23 heavy (non-hydrogen) atoms. The van der Waals surface area contributed by atoms with Gasteiger partial charge in [-0.1, -0.05) is 29.8 Å². The number of benzene rings is 2. The number of aromatic nitrogens is 1. The molecule has 0 aliphatic rings. The number of carbonyl (C=O) groups is 1. The Morgan fingerprint density at radius 2 is 1.70 bits per heavy atom. The van der Waals surface area contributed by atoms with Gasteiger partial charge in [-0.15, -0.1) is 0 Å². The van der Waals surface area contributed by atoms with Crippen LogP contribution in [0.3, 0.4) is 0 Å². The van der Waals surface area contributed by atoms with E-state index in [1.54, 1.807) is 0 Å². The fourth-order valence-corrected chi connectivity index (χ4v) is 2.59. The van der Waals surface area contributed by atoms with E-state index in [0.29, 0.717) is 5.56 Å². The Labute approximate surface area is 136 Å². The molecule has 1 aromatic heterocycles. The number of carbonyl (C=O) groups excluding carboxylic acids is 1. The highest BCUT2D eigenvalue weighted by molar-refractivity contribution is 5.94. The Bertz CT molecular complexity index is 789. The highest BCUT2D eigenvalue weighted by Gasteiger charge is 2.11. The minimum atomic E-state index is -0.0457. The van der Waals surface area contributed by atoms with Crippen molar-refractivity contribution in [1.29, 1.82) is 0 Å². The molecule has 1 atom stereocenters. The molecule has 0 fully saturated rings. The minimum Gasteiger partial charge on any atom is -0.346 e. The van der Waals surface area contributed by atoms with E-state index in [4.69, 9.17) is 0 Å². The minimum absolute atomic E-state index is 0.0401. The summed E-state index contributed by atoms with van der Waals surface area (Å²) in [7, 11) is 0. The third-order valence-electron chi connectivity index (χ3n) is 3.92. The molecule has 0 radical (unpaired) electrons. The van der Waals surface area contributed by atoms with Gasteiger partial charge >= 0.3 is 0 Å². The van der Waals surface area contributed by atoms with Crippen molar-refractivity contribution >= 4 is 5.91 Å². The van der Waals surface area contributed by atoms with Crippen molar-refractivity contribution in [2.75, 3.05) is 0 Å². The van der Waals surface area contributed by atoms with Crippen LogP contribution in [-0.2, 0) is 0 Å². The lowest BCUT2D eigenvalue weighted by Gasteiger charge is -2.15. The Balaban J connectivity index is 1.70. The molecule has 0 spiro atoms. The molecule has 1 amide bonds. The Morgan fingerprint density at radius 1 is 1.00 bits per heavy atom. The summed E-state index contributed by atoms with van der Waals surface area (Å²) >= 11 is 0. The summed E-state index contributed by atoms with van der Waals surface area (Å²) in [6, 6.07) is 19.8. The molecule has 0 saturated heterocycles. The Morgan fingerprint density at radius 3 is 2.35 bits per heavy atom. The first-order chi connectivity index (χ1) is 11.1. The average molecular weight is 304 g/mol. The first kappa shape index (κ1) is 15.1. The van der Waals surface area contributed by atoms with Gasteiger partial charge in [-0.2, -0.15) is 0 Å². The van der Waals surface area contributed by atoms with Crippen LogP contribution in [0.25, 0.3) is 5.69 Å². The number of nitrogens with zero attached hydrogens (tertiary/aromatic N) is 1. The maximum absolute atomic E-state index is 12.3.